The molecule has 0 aliphatic rings. The molecular weight excluding hydrogens is 340 g/mol. The molecule has 0 atom stereocenters. The maximum atomic E-state index is 12.4. The molecule has 1 rings (SSSR count). The minimum atomic E-state index is -3.36. The molecule has 5 nitrogen and oxygen atoms in total. The van der Waals surface area contributed by atoms with Gasteiger partial charge in [-0.2, -0.15) is 0 Å². The summed E-state index contributed by atoms with van der Waals surface area (Å²) in [5.74, 6) is -0.146. The average molecular weight is 368 g/mol. The highest BCUT2D eigenvalue weighted by molar-refractivity contribution is 7.91. The fraction of sp³-hybridized carbons (Fsp3) is 0.526. The van der Waals surface area contributed by atoms with Crippen molar-refractivity contribution >= 4 is 15.8 Å². The molecule has 0 radical (unpaired) electrons. The second kappa shape index (κ2) is 9.61. The number of aromatic hydroxyl groups is 1. The molecule has 0 amide bonds. The highest BCUT2D eigenvalue weighted by atomic mass is 32.2. The summed E-state index contributed by atoms with van der Waals surface area (Å²) in [6.07, 6.45) is 2.80. The van der Waals surface area contributed by atoms with E-state index in [2.05, 4.69) is 6.58 Å². The van der Waals surface area contributed by atoms with Crippen molar-refractivity contribution in [3.05, 3.63) is 35.9 Å². The molecule has 0 unspecified atom stereocenters. The molecule has 0 saturated heterocycles. The van der Waals surface area contributed by atoms with Crippen LogP contribution >= 0.6 is 0 Å². The van der Waals surface area contributed by atoms with E-state index in [-0.39, 0.29) is 22.3 Å². The molecule has 0 saturated carbocycles. The van der Waals surface area contributed by atoms with Gasteiger partial charge in [0, 0.05) is 5.57 Å². The van der Waals surface area contributed by atoms with Crippen molar-refractivity contribution in [1.82, 2.24) is 0 Å². The lowest BCUT2D eigenvalue weighted by Gasteiger charge is -2.11. The second-order valence-electron chi connectivity index (χ2n) is 6.52. The first-order chi connectivity index (χ1) is 11.6. The normalized spacial score (nSPS) is 11.5. The minimum absolute atomic E-state index is 0.0528. The molecule has 140 valence electrons. The highest BCUT2D eigenvalue weighted by Gasteiger charge is 2.17. The van der Waals surface area contributed by atoms with Crippen molar-refractivity contribution in [3.8, 4) is 5.75 Å². The van der Waals surface area contributed by atoms with Gasteiger partial charge in [0.15, 0.2) is 9.84 Å². The van der Waals surface area contributed by atoms with Gasteiger partial charge in [-0.05, 0) is 49.4 Å². The van der Waals surface area contributed by atoms with Gasteiger partial charge in [0.1, 0.15) is 5.75 Å². The van der Waals surface area contributed by atoms with Crippen LogP contribution in [0.3, 0.4) is 0 Å². The smallest absolute Gasteiger partial charge is 0.333 e. The molecule has 25 heavy (non-hydrogen) atoms. The third-order valence-electron chi connectivity index (χ3n) is 3.87. The van der Waals surface area contributed by atoms with E-state index in [1.807, 2.05) is 13.8 Å². The Morgan fingerprint density at radius 1 is 1.20 bits per heavy atom. The number of carbonyl (C=O) groups excluding carboxylic acids is 1. The van der Waals surface area contributed by atoms with E-state index >= 15 is 0 Å². The number of rotatable bonds is 10. The van der Waals surface area contributed by atoms with E-state index in [4.69, 9.17) is 4.74 Å². The molecule has 1 N–H and O–H groups in total. The zero-order valence-electron chi connectivity index (χ0n) is 15.2. The van der Waals surface area contributed by atoms with Crippen LogP contribution < -0.4 is 0 Å². The lowest BCUT2D eigenvalue weighted by Crippen LogP contribution is -2.08. The topological polar surface area (TPSA) is 80.7 Å². The van der Waals surface area contributed by atoms with Crippen LogP contribution in [-0.4, -0.2) is 31.9 Å². The second-order valence-corrected chi connectivity index (χ2v) is 8.63. The summed E-state index contributed by atoms with van der Waals surface area (Å²) in [7, 11) is -3.36. The summed E-state index contributed by atoms with van der Waals surface area (Å²) < 4.78 is 29.8. The van der Waals surface area contributed by atoms with Gasteiger partial charge in [-0.25, -0.2) is 13.2 Å². The van der Waals surface area contributed by atoms with Crippen LogP contribution in [0.5, 0.6) is 5.75 Å². The summed E-state index contributed by atoms with van der Waals surface area (Å²) in [6, 6.07) is 4.46. The van der Waals surface area contributed by atoms with Crippen molar-refractivity contribution in [3.63, 3.8) is 0 Å². The van der Waals surface area contributed by atoms with Gasteiger partial charge >= 0.3 is 5.97 Å². The number of benzene rings is 1. The van der Waals surface area contributed by atoms with Gasteiger partial charge < -0.3 is 9.84 Å². The van der Waals surface area contributed by atoms with Crippen LogP contribution in [0.1, 0.15) is 57.9 Å². The van der Waals surface area contributed by atoms with Crippen LogP contribution in [0.4, 0.5) is 0 Å². The summed E-state index contributed by atoms with van der Waals surface area (Å²) >= 11 is 0. The van der Waals surface area contributed by atoms with E-state index in [1.165, 1.54) is 12.1 Å². The van der Waals surface area contributed by atoms with Crippen LogP contribution in [-0.2, 0) is 19.4 Å². The fourth-order valence-corrected chi connectivity index (χ4v) is 3.74. The number of esters is 1. The highest BCUT2D eigenvalue weighted by Crippen LogP contribution is 2.28. The summed E-state index contributed by atoms with van der Waals surface area (Å²) in [5.41, 5.74) is 1.01. The molecule has 0 spiro atoms. The van der Waals surface area contributed by atoms with Gasteiger partial charge in [-0.15, -0.1) is 0 Å². The lowest BCUT2D eigenvalue weighted by atomic mass is 10.0. The Bertz CT molecular complexity index is 705. The number of unbranched alkanes of at least 4 members (excludes halogenated alkanes) is 3. The van der Waals surface area contributed by atoms with Gasteiger partial charge in [0.2, 0.25) is 0 Å². The van der Waals surface area contributed by atoms with Gasteiger partial charge in [-0.1, -0.05) is 33.3 Å². The molecular formula is C19H28O5S. The van der Waals surface area contributed by atoms with Crippen LogP contribution in [0.2, 0.25) is 0 Å². The Kier molecular flexibility index (Phi) is 8.16. The van der Waals surface area contributed by atoms with Crippen LogP contribution in [0, 0.1) is 0 Å². The Balaban J connectivity index is 2.43. The van der Waals surface area contributed by atoms with Gasteiger partial charge in [-0.3, -0.25) is 0 Å². The number of phenols is 1. The molecule has 1 aromatic carbocycles. The van der Waals surface area contributed by atoms with Gasteiger partial charge in [0.25, 0.3) is 0 Å². The van der Waals surface area contributed by atoms with Crippen molar-refractivity contribution in [2.75, 3.05) is 12.4 Å². The fourth-order valence-electron chi connectivity index (χ4n) is 2.34. The molecule has 6 heteroatoms. The predicted octanol–water partition coefficient (Wildman–Crippen LogP) is 3.97. The number of ether oxygens (including phenoxy) is 1. The lowest BCUT2D eigenvalue weighted by molar-refractivity contribution is -0.139. The SMILES string of the molecule is C=C(C)C(=O)OCCCCCCS(=O)(=O)c1ccc(O)c(C(C)C)c1. The standard InChI is InChI=1S/C19H28O5S/c1-14(2)17-13-16(9-10-18(17)20)25(22,23)12-8-6-5-7-11-24-19(21)15(3)4/h9-10,13-14,20H,3,5-8,11-12H2,1-2,4H3. The monoisotopic (exact) mass is 368 g/mol. The molecule has 1 aromatic rings. The largest absolute Gasteiger partial charge is 0.508 e. The summed E-state index contributed by atoms with van der Waals surface area (Å²) in [4.78, 5) is 11.5. The van der Waals surface area contributed by atoms with Gasteiger partial charge in [0.05, 0.1) is 17.3 Å². The van der Waals surface area contributed by atoms with E-state index < -0.39 is 15.8 Å². The quantitative estimate of drug-likeness (QED) is 0.384. The van der Waals surface area contributed by atoms with Crippen molar-refractivity contribution in [2.24, 2.45) is 0 Å². The maximum Gasteiger partial charge on any atom is 0.333 e. The first-order valence-electron chi connectivity index (χ1n) is 8.53. The summed E-state index contributed by atoms with van der Waals surface area (Å²) in [5, 5.41) is 9.80. The Hall–Kier alpha value is -1.82. The number of phenolic OH excluding ortho intramolecular Hbond substituents is 1. The Morgan fingerprint density at radius 2 is 1.84 bits per heavy atom. The van der Waals surface area contributed by atoms with Crippen LogP contribution in [0.25, 0.3) is 0 Å². The molecule has 0 aliphatic heterocycles. The average Bonchev–Trinajstić information content (AvgIpc) is 2.53. The van der Waals surface area contributed by atoms with Crippen molar-refractivity contribution < 1.29 is 23.1 Å². The molecule has 0 aromatic heterocycles. The number of hydrogen-bond donors (Lipinski definition) is 1. The number of hydrogen-bond acceptors (Lipinski definition) is 5. The van der Waals surface area contributed by atoms with E-state index in [9.17, 15) is 18.3 Å². The molecule has 0 bridgehead atoms. The van der Waals surface area contributed by atoms with Crippen molar-refractivity contribution in [2.45, 2.75) is 57.3 Å². The summed E-state index contributed by atoms with van der Waals surface area (Å²) in [6.45, 7) is 9.25. The molecule has 0 heterocycles. The first-order valence-corrected chi connectivity index (χ1v) is 10.2. The first kappa shape index (κ1) is 21.2. The van der Waals surface area contributed by atoms with Crippen LogP contribution in [0.15, 0.2) is 35.2 Å². The Morgan fingerprint density at radius 3 is 2.44 bits per heavy atom. The zero-order valence-corrected chi connectivity index (χ0v) is 16.1. The number of carbonyl (C=O) groups is 1. The Labute approximate surface area is 150 Å². The number of sulfone groups is 1. The third-order valence-corrected chi connectivity index (χ3v) is 5.67. The molecule has 0 fully saturated rings. The van der Waals surface area contributed by atoms with E-state index in [1.54, 1.807) is 13.0 Å². The maximum absolute atomic E-state index is 12.4. The predicted molar refractivity (Wildman–Crippen MR) is 98.5 cm³/mol. The van der Waals surface area contributed by atoms with E-state index in [0.29, 0.717) is 30.6 Å². The minimum Gasteiger partial charge on any atom is -0.508 e. The van der Waals surface area contributed by atoms with E-state index in [0.717, 1.165) is 12.8 Å². The zero-order chi connectivity index (χ0) is 19.0. The third kappa shape index (κ3) is 6.90. The molecule has 0 aliphatic carbocycles. The van der Waals surface area contributed by atoms with Crippen molar-refractivity contribution in [1.29, 1.82) is 0 Å².